The molecule has 10 heteroatoms. The Kier molecular flexibility index (Phi) is 5.74. The number of nitrogens with one attached hydrogen (secondary N) is 3. The number of hydrogen-bond donors (Lipinski definition) is 3. The summed E-state index contributed by atoms with van der Waals surface area (Å²) in [5.74, 6) is 0.0684. The molecule has 0 aliphatic rings. The number of alkyl halides is 3. The number of likely N-dealkylation sites (N-methyl/N-ethyl adjacent to an activating group) is 1. The number of guanidine groups is 1. The van der Waals surface area contributed by atoms with E-state index in [1.54, 1.807) is 0 Å². The van der Waals surface area contributed by atoms with E-state index >= 15 is 0 Å². The molecule has 0 saturated carbocycles. The van der Waals surface area contributed by atoms with Crippen molar-refractivity contribution in [1.29, 1.82) is 0 Å². The van der Waals surface area contributed by atoms with Crippen LogP contribution in [0, 0.1) is 0 Å². The van der Waals surface area contributed by atoms with E-state index in [0.717, 1.165) is 16.7 Å². The highest BCUT2D eigenvalue weighted by Gasteiger charge is 2.33. The van der Waals surface area contributed by atoms with Crippen LogP contribution in [0.4, 0.5) is 13.2 Å². The quantitative estimate of drug-likeness (QED) is 0.561. The fourth-order valence-electron chi connectivity index (χ4n) is 1.15. The highest BCUT2D eigenvalue weighted by molar-refractivity contribution is 7.09. The van der Waals surface area contributed by atoms with E-state index < -0.39 is 11.9 Å². The molecule has 0 atom stereocenters. The zero-order valence-corrected chi connectivity index (χ0v) is 11.7. The molecule has 1 amide bonds. The van der Waals surface area contributed by atoms with E-state index in [9.17, 15) is 18.0 Å². The van der Waals surface area contributed by atoms with E-state index in [1.807, 2.05) is 0 Å². The first-order chi connectivity index (χ1) is 9.36. The molecule has 20 heavy (non-hydrogen) atoms. The van der Waals surface area contributed by atoms with Crippen molar-refractivity contribution in [2.45, 2.75) is 12.7 Å². The monoisotopic (exact) mass is 309 g/mol. The number of hydrogen-bond acceptors (Lipinski definition) is 4. The van der Waals surface area contributed by atoms with Crippen LogP contribution in [0.5, 0.6) is 0 Å². The number of thiazole rings is 1. The Labute approximate surface area is 117 Å². The van der Waals surface area contributed by atoms with Gasteiger partial charge in [0.15, 0.2) is 11.7 Å². The number of halogens is 3. The van der Waals surface area contributed by atoms with Gasteiger partial charge >= 0.3 is 6.18 Å². The second-order valence-corrected chi connectivity index (χ2v) is 4.52. The minimum absolute atomic E-state index is 0.0157. The molecule has 0 spiro atoms. The maximum Gasteiger partial charge on any atom is 0.434 e. The summed E-state index contributed by atoms with van der Waals surface area (Å²) >= 11 is 0.902. The second-order valence-electron chi connectivity index (χ2n) is 3.58. The number of carbonyl (C=O) groups is 1. The summed E-state index contributed by atoms with van der Waals surface area (Å²) in [5.41, 5.74) is -0.910. The van der Waals surface area contributed by atoms with Gasteiger partial charge in [-0.25, -0.2) is 4.98 Å². The third kappa shape index (κ3) is 5.03. The van der Waals surface area contributed by atoms with Gasteiger partial charge in [0.1, 0.15) is 5.01 Å². The normalized spacial score (nSPS) is 12.2. The summed E-state index contributed by atoms with van der Waals surface area (Å²) in [5, 5.41) is 9.13. The molecule has 0 aliphatic heterocycles. The number of aliphatic imine (C=N–C) groups is 1. The SMILES string of the molecule is CN=C(NCC(=O)NC)NCc1nc(C(F)(F)F)cs1. The lowest BCUT2D eigenvalue weighted by atomic mass is 10.5. The van der Waals surface area contributed by atoms with Gasteiger partial charge in [-0.2, -0.15) is 13.2 Å². The topological polar surface area (TPSA) is 78.4 Å². The molecule has 0 saturated heterocycles. The predicted molar refractivity (Wildman–Crippen MR) is 69.4 cm³/mol. The molecule has 0 aromatic carbocycles. The minimum atomic E-state index is -4.44. The van der Waals surface area contributed by atoms with Crippen molar-refractivity contribution < 1.29 is 18.0 Å². The van der Waals surface area contributed by atoms with Gasteiger partial charge in [-0.3, -0.25) is 9.79 Å². The van der Waals surface area contributed by atoms with Crippen LogP contribution in [0.15, 0.2) is 10.4 Å². The van der Waals surface area contributed by atoms with Gasteiger partial charge in [-0.05, 0) is 0 Å². The van der Waals surface area contributed by atoms with Crippen molar-refractivity contribution in [3.8, 4) is 0 Å². The van der Waals surface area contributed by atoms with Gasteiger partial charge in [0, 0.05) is 19.5 Å². The number of aromatic nitrogens is 1. The van der Waals surface area contributed by atoms with Crippen LogP contribution in [0.2, 0.25) is 0 Å². The number of amides is 1. The van der Waals surface area contributed by atoms with Gasteiger partial charge < -0.3 is 16.0 Å². The van der Waals surface area contributed by atoms with Gasteiger partial charge in [-0.1, -0.05) is 0 Å². The highest BCUT2D eigenvalue weighted by Crippen LogP contribution is 2.29. The third-order valence-corrected chi connectivity index (χ3v) is 3.02. The highest BCUT2D eigenvalue weighted by atomic mass is 32.1. The molecule has 0 fully saturated rings. The Hall–Kier alpha value is -1.84. The third-order valence-electron chi connectivity index (χ3n) is 2.17. The van der Waals surface area contributed by atoms with E-state index in [-0.39, 0.29) is 24.0 Å². The molecule has 6 nitrogen and oxygen atoms in total. The van der Waals surface area contributed by atoms with E-state index in [2.05, 4.69) is 25.9 Å². The Morgan fingerprint density at radius 3 is 2.65 bits per heavy atom. The first-order valence-electron chi connectivity index (χ1n) is 5.53. The number of carbonyl (C=O) groups excluding carboxylic acids is 1. The van der Waals surface area contributed by atoms with Gasteiger partial charge in [0.2, 0.25) is 5.91 Å². The fraction of sp³-hybridized carbons (Fsp3) is 0.500. The lowest BCUT2D eigenvalue weighted by molar-refractivity contribution is -0.140. The molecule has 112 valence electrons. The molecule has 3 N–H and O–H groups in total. The Morgan fingerprint density at radius 2 is 2.15 bits per heavy atom. The molecule has 0 unspecified atom stereocenters. The van der Waals surface area contributed by atoms with Crippen molar-refractivity contribution in [1.82, 2.24) is 20.9 Å². The van der Waals surface area contributed by atoms with Crippen LogP contribution in [0.1, 0.15) is 10.7 Å². The van der Waals surface area contributed by atoms with Gasteiger partial charge in [-0.15, -0.1) is 11.3 Å². The van der Waals surface area contributed by atoms with Crippen molar-refractivity contribution in [2.75, 3.05) is 20.6 Å². The smallest absolute Gasteiger partial charge is 0.358 e. The average Bonchev–Trinajstić information content (AvgIpc) is 2.87. The van der Waals surface area contributed by atoms with Crippen molar-refractivity contribution in [3.05, 3.63) is 16.1 Å². The maximum atomic E-state index is 12.4. The largest absolute Gasteiger partial charge is 0.434 e. The van der Waals surface area contributed by atoms with Gasteiger partial charge in [0.25, 0.3) is 0 Å². The molecular formula is C10H14F3N5OS. The van der Waals surface area contributed by atoms with Crippen LogP contribution in [0.25, 0.3) is 0 Å². The maximum absolute atomic E-state index is 12.4. The second kappa shape index (κ2) is 7.08. The van der Waals surface area contributed by atoms with Crippen molar-refractivity contribution in [2.24, 2.45) is 4.99 Å². The van der Waals surface area contributed by atoms with Crippen LogP contribution in [-0.2, 0) is 17.5 Å². The zero-order chi connectivity index (χ0) is 15.2. The molecule has 1 aromatic heterocycles. The summed E-state index contributed by atoms with van der Waals surface area (Å²) in [6.07, 6.45) is -4.44. The van der Waals surface area contributed by atoms with E-state index in [1.165, 1.54) is 14.1 Å². The van der Waals surface area contributed by atoms with Crippen molar-refractivity contribution >= 4 is 23.2 Å². The Balaban J connectivity index is 2.49. The average molecular weight is 309 g/mol. The van der Waals surface area contributed by atoms with Crippen LogP contribution in [-0.4, -0.2) is 37.5 Å². The first kappa shape index (κ1) is 16.2. The standard InChI is InChI=1S/C10H14F3N5OS/c1-14-7(19)3-16-9(15-2)17-4-8-18-6(5-20-8)10(11,12)13/h5H,3-4H2,1-2H3,(H,14,19)(H2,15,16,17). The Morgan fingerprint density at radius 1 is 1.45 bits per heavy atom. The summed E-state index contributed by atoms with van der Waals surface area (Å²) < 4.78 is 37.1. The lowest BCUT2D eigenvalue weighted by Gasteiger charge is -2.09. The molecular weight excluding hydrogens is 295 g/mol. The van der Waals surface area contributed by atoms with E-state index in [4.69, 9.17) is 0 Å². The predicted octanol–water partition coefficient (Wildman–Crippen LogP) is 0.573. The molecule has 1 rings (SSSR count). The molecule has 0 radical (unpaired) electrons. The Bertz CT molecular complexity index is 485. The molecule has 0 aliphatic carbocycles. The first-order valence-corrected chi connectivity index (χ1v) is 6.41. The minimum Gasteiger partial charge on any atom is -0.358 e. The summed E-state index contributed by atoms with van der Waals surface area (Å²) in [7, 11) is 2.98. The van der Waals surface area contributed by atoms with Crippen LogP contribution in [0.3, 0.4) is 0 Å². The zero-order valence-electron chi connectivity index (χ0n) is 10.8. The molecule has 1 aromatic rings. The van der Waals surface area contributed by atoms with Gasteiger partial charge in [0.05, 0.1) is 13.1 Å². The molecule has 0 bridgehead atoms. The van der Waals surface area contributed by atoms with E-state index in [0.29, 0.717) is 5.96 Å². The number of rotatable bonds is 4. The van der Waals surface area contributed by atoms with Crippen LogP contribution >= 0.6 is 11.3 Å². The summed E-state index contributed by atoms with van der Waals surface area (Å²) in [6.45, 7) is 0.107. The van der Waals surface area contributed by atoms with Crippen molar-refractivity contribution in [3.63, 3.8) is 0 Å². The fourth-order valence-corrected chi connectivity index (χ4v) is 1.90. The van der Waals surface area contributed by atoms with Crippen LogP contribution < -0.4 is 16.0 Å². The number of nitrogens with zero attached hydrogens (tertiary/aromatic N) is 2. The summed E-state index contributed by atoms with van der Waals surface area (Å²) in [6, 6.07) is 0. The summed E-state index contributed by atoms with van der Waals surface area (Å²) in [4.78, 5) is 18.3. The molecule has 1 heterocycles. The lowest BCUT2D eigenvalue weighted by Crippen LogP contribution is -2.42.